The molecule has 1 heterocycles. The van der Waals surface area contributed by atoms with Crippen molar-refractivity contribution < 1.29 is 13.2 Å². The Labute approximate surface area is 122 Å². The van der Waals surface area contributed by atoms with Gasteiger partial charge in [0.15, 0.2) is 4.90 Å². The van der Waals surface area contributed by atoms with Crippen LogP contribution in [-0.4, -0.2) is 37.3 Å². The van der Waals surface area contributed by atoms with Crippen molar-refractivity contribution in [2.24, 2.45) is 14.1 Å². The first-order valence-electron chi connectivity index (χ1n) is 6.15. The number of sulfonamides is 1. The van der Waals surface area contributed by atoms with Crippen LogP contribution >= 0.6 is 0 Å². The summed E-state index contributed by atoms with van der Waals surface area (Å²) in [5.74, 6) is 0. The van der Waals surface area contributed by atoms with Crippen LogP contribution in [0.25, 0.3) is 0 Å². The molecule has 0 amide bonds. The lowest BCUT2D eigenvalue weighted by atomic mass is 10.4. The Morgan fingerprint density at radius 2 is 2.00 bits per heavy atom. The summed E-state index contributed by atoms with van der Waals surface area (Å²) < 4.78 is 33.3. The molecular formula is C12H19N3O5S. The highest BCUT2D eigenvalue weighted by atomic mass is 32.2. The van der Waals surface area contributed by atoms with Gasteiger partial charge < -0.3 is 9.30 Å². The number of hydrogen-bond acceptors (Lipinski definition) is 5. The van der Waals surface area contributed by atoms with Gasteiger partial charge in [-0.05, 0) is 6.92 Å². The lowest BCUT2D eigenvalue weighted by Crippen LogP contribution is -2.41. The predicted molar refractivity (Wildman–Crippen MR) is 77.7 cm³/mol. The number of aromatic nitrogens is 2. The van der Waals surface area contributed by atoms with Gasteiger partial charge in [0, 0.05) is 26.8 Å². The van der Waals surface area contributed by atoms with E-state index in [0.717, 1.165) is 20.9 Å². The van der Waals surface area contributed by atoms with E-state index < -0.39 is 26.2 Å². The Morgan fingerprint density at radius 3 is 2.57 bits per heavy atom. The zero-order valence-corrected chi connectivity index (χ0v) is 13.1. The zero-order chi connectivity index (χ0) is 16.2. The van der Waals surface area contributed by atoms with Crippen molar-refractivity contribution >= 4 is 10.0 Å². The molecule has 1 N–H and O–H groups in total. The summed E-state index contributed by atoms with van der Waals surface area (Å²) in [6.07, 6.45) is 1.00. The van der Waals surface area contributed by atoms with Crippen LogP contribution in [0.15, 0.2) is 32.8 Å². The van der Waals surface area contributed by atoms with Gasteiger partial charge in [-0.2, -0.15) is 0 Å². The Hall–Kier alpha value is -1.71. The summed E-state index contributed by atoms with van der Waals surface area (Å²) in [4.78, 5) is 22.9. The van der Waals surface area contributed by atoms with Crippen LogP contribution in [0.4, 0.5) is 0 Å². The first-order chi connectivity index (χ1) is 9.66. The number of rotatable bonds is 7. The Morgan fingerprint density at radius 1 is 1.38 bits per heavy atom. The highest BCUT2D eigenvalue weighted by Gasteiger charge is 2.20. The zero-order valence-electron chi connectivity index (χ0n) is 12.2. The molecule has 0 unspecified atom stereocenters. The maximum atomic E-state index is 12.1. The van der Waals surface area contributed by atoms with E-state index in [1.165, 1.54) is 14.1 Å². The van der Waals surface area contributed by atoms with Crippen LogP contribution in [0.1, 0.15) is 6.92 Å². The van der Waals surface area contributed by atoms with Crippen LogP contribution in [-0.2, 0) is 28.9 Å². The van der Waals surface area contributed by atoms with Crippen molar-refractivity contribution in [1.29, 1.82) is 0 Å². The van der Waals surface area contributed by atoms with Gasteiger partial charge >= 0.3 is 5.69 Å². The maximum Gasteiger partial charge on any atom is 0.330 e. The number of nitrogens with zero attached hydrogens (tertiary/aromatic N) is 2. The van der Waals surface area contributed by atoms with Gasteiger partial charge in [-0.15, -0.1) is 0 Å². The summed E-state index contributed by atoms with van der Waals surface area (Å²) >= 11 is 0. The Balaban J connectivity index is 2.87. The minimum Gasteiger partial charge on any atom is -0.376 e. The summed E-state index contributed by atoms with van der Waals surface area (Å²) in [6, 6.07) is 0. The number of ether oxygens (including phenoxy) is 1. The van der Waals surface area contributed by atoms with Crippen LogP contribution in [0, 0.1) is 0 Å². The van der Waals surface area contributed by atoms with Gasteiger partial charge in [-0.25, -0.2) is 17.9 Å². The molecule has 0 aliphatic heterocycles. The Kier molecular flexibility index (Phi) is 5.64. The molecule has 21 heavy (non-hydrogen) atoms. The molecule has 1 aromatic rings. The van der Waals surface area contributed by atoms with Gasteiger partial charge in [-0.3, -0.25) is 9.36 Å². The second-order valence-corrected chi connectivity index (χ2v) is 6.39. The summed E-state index contributed by atoms with van der Waals surface area (Å²) in [5, 5.41) is 0. The minimum absolute atomic E-state index is 0.0155. The molecule has 0 aliphatic rings. The van der Waals surface area contributed by atoms with E-state index in [1.807, 2.05) is 0 Å². The highest BCUT2D eigenvalue weighted by Crippen LogP contribution is 1.99. The fourth-order valence-corrected chi connectivity index (χ4v) is 2.70. The van der Waals surface area contributed by atoms with Crippen molar-refractivity contribution in [3.63, 3.8) is 0 Å². The van der Waals surface area contributed by atoms with Crippen LogP contribution in [0.2, 0.25) is 0 Å². The first-order valence-corrected chi connectivity index (χ1v) is 7.63. The first kappa shape index (κ1) is 17.3. The lowest BCUT2D eigenvalue weighted by molar-refractivity contribution is 0.162. The second-order valence-electron chi connectivity index (χ2n) is 4.66. The van der Waals surface area contributed by atoms with Gasteiger partial charge in [0.05, 0.1) is 13.2 Å². The molecular weight excluding hydrogens is 298 g/mol. The standard InChI is InChI=1S/C12H19N3O5S/c1-9(2)8-20-6-5-13-21(18,19)10-7-14(3)12(17)15(4)11(10)16/h7,13H,1,5-6,8H2,2-4H3. The number of nitrogens with one attached hydrogen (secondary N) is 1. The lowest BCUT2D eigenvalue weighted by Gasteiger charge is -2.09. The minimum atomic E-state index is -4.00. The molecule has 0 radical (unpaired) electrons. The van der Waals surface area contributed by atoms with Crippen LogP contribution in [0.5, 0.6) is 0 Å². The summed E-state index contributed by atoms with van der Waals surface area (Å²) in [7, 11) is -1.41. The van der Waals surface area contributed by atoms with E-state index in [1.54, 1.807) is 6.92 Å². The van der Waals surface area contributed by atoms with E-state index in [-0.39, 0.29) is 13.2 Å². The molecule has 1 rings (SSSR count). The van der Waals surface area contributed by atoms with Crippen molar-refractivity contribution in [3.05, 3.63) is 39.2 Å². The average molecular weight is 317 g/mol. The van der Waals surface area contributed by atoms with Crippen LogP contribution < -0.4 is 16.0 Å². The molecule has 0 spiro atoms. The molecule has 8 nitrogen and oxygen atoms in total. The van der Waals surface area contributed by atoms with E-state index in [4.69, 9.17) is 4.74 Å². The molecule has 1 aromatic heterocycles. The monoisotopic (exact) mass is 317 g/mol. The van der Waals surface area contributed by atoms with E-state index in [0.29, 0.717) is 6.61 Å². The average Bonchev–Trinajstić information content (AvgIpc) is 2.39. The summed E-state index contributed by atoms with van der Waals surface area (Å²) in [5.41, 5.74) is -0.637. The molecule has 0 fully saturated rings. The fraction of sp³-hybridized carbons (Fsp3) is 0.500. The third-order valence-corrected chi connectivity index (χ3v) is 4.03. The molecule has 0 saturated carbocycles. The summed E-state index contributed by atoms with van der Waals surface area (Å²) in [6.45, 7) is 5.94. The van der Waals surface area contributed by atoms with Crippen molar-refractivity contribution in [2.75, 3.05) is 19.8 Å². The normalized spacial score (nSPS) is 11.6. The maximum absolute atomic E-state index is 12.1. The topological polar surface area (TPSA) is 99.4 Å². The molecule has 118 valence electrons. The highest BCUT2D eigenvalue weighted by molar-refractivity contribution is 7.89. The number of hydrogen-bond donors (Lipinski definition) is 1. The van der Waals surface area contributed by atoms with Crippen LogP contribution in [0.3, 0.4) is 0 Å². The molecule has 0 atom stereocenters. The van der Waals surface area contributed by atoms with Gasteiger partial charge in [0.25, 0.3) is 5.56 Å². The third-order valence-electron chi connectivity index (χ3n) is 2.59. The number of aryl methyl sites for hydroxylation is 1. The second kappa shape index (κ2) is 6.83. The molecule has 0 saturated heterocycles. The molecule has 0 aliphatic carbocycles. The Bertz CT molecular complexity index is 745. The smallest absolute Gasteiger partial charge is 0.330 e. The fourth-order valence-electron chi connectivity index (χ4n) is 1.53. The largest absolute Gasteiger partial charge is 0.376 e. The molecule has 0 aromatic carbocycles. The van der Waals surface area contributed by atoms with Crippen molar-refractivity contribution in [3.8, 4) is 0 Å². The van der Waals surface area contributed by atoms with Gasteiger partial charge in [0.1, 0.15) is 0 Å². The van der Waals surface area contributed by atoms with E-state index >= 15 is 0 Å². The van der Waals surface area contributed by atoms with Crippen molar-refractivity contribution in [1.82, 2.24) is 13.9 Å². The van der Waals surface area contributed by atoms with Gasteiger partial charge in [0.2, 0.25) is 10.0 Å². The van der Waals surface area contributed by atoms with Gasteiger partial charge in [-0.1, -0.05) is 12.2 Å². The van der Waals surface area contributed by atoms with Crippen molar-refractivity contribution in [2.45, 2.75) is 11.8 Å². The predicted octanol–water partition coefficient (Wildman–Crippen LogP) is -1.04. The SMILES string of the molecule is C=C(C)COCCNS(=O)(=O)c1cn(C)c(=O)n(C)c1=O. The van der Waals surface area contributed by atoms with E-state index in [9.17, 15) is 18.0 Å². The third kappa shape index (κ3) is 4.38. The molecule has 0 bridgehead atoms. The quantitative estimate of drug-likeness (QED) is 0.511. The molecule has 9 heteroatoms. The van der Waals surface area contributed by atoms with E-state index in [2.05, 4.69) is 11.3 Å².